The maximum atomic E-state index is 12.3. The van der Waals surface area contributed by atoms with Crippen LogP contribution in [0.5, 0.6) is 0 Å². The third kappa shape index (κ3) is 2.89. The van der Waals surface area contributed by atoms with Crippen LogP contribution in [0.2, 0.25) is 0 Å². The van der Waals surface area contributed by atoms with Crippen molar-refractivity contribution in [2.45, 2.75) is 39.2 Å². The molecule has 112 valence electrons. The van der Waals surface area contributed by atoms with Crippen molar-refractivity contribution < 1.29 is 14.7 Å². The van der Waals surface area contributed by atoms with Crippen LogP contribution in [-0.4, -0.2) is 31.9 Å². The van der Waals surface area contributed by atoms with Crippen molar-refractivity contribution in [2.24, 2.45) is 0 Å². The van der Waals surface area contributed by atoms with Gasteiger partial charge in [-0.05, 0) is 32.4 Å². The van der Waals surface area contributed by atoms with Gasteiger partial charge < -0.3 is 14.8 Å². The maximum Gasteiger partial charge on any atom is 0.329 e. The predicted molar refractivity (Wildman–Crippen MR) is 78.3 cm³/mol. The van der Waals surface area contributed by atoms with E-state index in [2.05, 4.69) is 10.3 Å². The molecule has 0 saturated heterocycles. The zero-order chi connectivity index (χ0) is 15.6. The molecular formula is C15H19N3O3. The Morgan fingerprint density at radius 1 is 1.43 bits per heavy atom. The van der Waals surface area contributed by atoms with Gasteiger partial charge in [-0.3, -0.25) is 4.79 Å². The molecule has 0 aromatic carbocycles. The zero-order valence-corrected chi connectivity index (χ0v) is 12.4. The molecule has 6 nitrogen and oxygen atoms in total. The molecule has 0 aliphatic rings. The summed E-state index contributed by atoms with van der Waals surface area (Å²) >= 11 is 0. The summed E-state index contributed by atoms with van der Waals surface area (Å²) in [5, 5.41) is 11.9. The van der Waals surface area contributed by atoms with Gasteiger partial charge in [0.05, 0.1) is 0 Å². The highest BCUT2D eigenvalue weighted by Crippen LogP contribution is 2.15. The number of pyridine rings is 1. The van der Waals surface area contributed by atoms with Crippen molar-refractivity contribution in [3.8, 4) is 0 Å². The van der Waals surface area contributed by atoms with Gasteiger partial charge in [0, 0.05) is 11.9 Å². The van der Waals surface area contributed by atoms with E-state index in [9.17, 15) is 14.7 Å². The molecule has 0 aliphatic heterocycles. The molecule has 0 saturated carbocycles. The number of hydrogen-bond donors (Lipinski definition) is 2. The zero-order valence-electron chi connectivity index (χ0n) is 12.4. The van der Waals surface area contributed by atoms with E-state index in [1.807, 2.05) is 26.0 Å². The minimum Gasteiger partial charge on any atom is -0.480 e. The second-order valence-electron chi connectivity index (χ2n) is 5.36. The van der Waals surface area contributed by atoms with Crippen molar-refractivity contribution in [1.82, 2.24) is 14.7 Å². The van der Waals surface area contributed by atoms with Gasteiger partial charge in [0.1, 0.15) is 16.9 Å². The third-order valence-corrected chi connectivity index (χ3v) is 3.54. The summed E-state index contributed by atoms with van der Waals surface area (Å²) in [6, 6.07) is 5.57. The summed E-state index contributed by atoms with van der Waals surface area (Å²) in [5.74, 6) is -1.52. The standard InChI is InChI=1S/C15H19N3O3/c1-4-8-15(3,14(20)21)17-13(19)11-9-18-10(2)6-5-7-12(18)16-11/h5-7,9H,4,8H2,1-3H3,(H,17,19)(H,20,21). The Hall–Kier alpha value is -2.37. The number of aliphatic carboxylic acids is 1. The molecule has 2 aromatic heterocycles. The lowest BCUT2D eigenvalue weighted by molar-refractivity contribution is -0.144. The number of hydrogen-bond acceptors (Lipinski definition) is 3. The number of carboxylic acids is 1. The summed E-state index contributed by atoms with van der Waals surface area (Å²) in [5.41, 5.74) is 0.547. The number of fused-ring (bicyclic) bond motifs is 1. The Morgan fingerprint density at radius 3 is 2.71 bits per heavy atom. The van der Waals surface area contributed by atoms with Crippen molar-refractivity contribution in [2.75, 3.05) is 0 Å². The first-order valence-corrected chi connectivity index (χ1v) is 6.88. The summed E-state index contributed by atoms with van der Waals surface area (Å²) in [6.07, 6.45) is 2.64. The van der Waals surface area contributed by atoms with Crippen molar-refractivity contribution >= 4 is 17.5 Å². The van der Waals surface area contributed by atoms with E-state index < -0.39 is 17.4 Å². The molecule has 2 rings (SSSR count). The van der Waals surface area contributed by atoms with Crippen LogP contribution in [0.25, 0.3) is 5.65 Å². The fourth-order valence-corrected chi connectivity index (χ4v) is 2.30. The van der Waals surface area contributed by atoms with Crippen LogP contribution in [0.15, 0.2) is 24.4 Å². The average molecular weight is 289 g/mol. The highest BCUT2D eigenvalue weighted by atomic mass is 16.4. The van der Waals surface area contributed by atoms with Gasteiger partial charge in [-0.1, -0.05) is 19.4 Å². The first-order chi connectivity index (χ1) is 9.87. The molecule has 2 aromatic rings. The summed E-state index contributed by atoms with van der Waals surface area (Å²) in [7, 11) is 0. The molecule has 1 amide bonds. The largest absolute Gasteiger partial charge is 0.480 e. The third-order valence-electron chi connectivity index (χ3n) is 3.54. The predicted octanol–water partition coefficient (Wildman–Crippen LogP) is 2.02. The van der Waals surface area contributed by atoms with Gasteiger partial charge in [0.25, 0.3) is 5.91 Å². The fraction of sp³-hybridized carbons (Fsp3) is 0.400. The molecule has 0 fully saturated rings. The Kier molecular flexibility index (Phi) is 3.97. The van der Waals surface area contributed by atoms with Crippen molar-refractivity contribution in [3.05, 3.63) is 35.8 Å². The number of amides is 1. The van der Waals surface area contributed by atoms with Gasteiger partial charge in [0.15, 0.2) is 0 Å². The molecule has 2 heterocycles. The number of imidazole rings is 1. The number of nitrogens with one attached hydrogen (secondary N) is 1. The summed E-state index contributed by atoms with van der Waals surface area (Å²) < 4.78 is 1.80. The minimum atomic E-state index is -1.28. The molecule has 1 unspecified atom stereocenters. The number of aryl methyl sites for hydroxylation is 1. The number of carbonyl (C=O) groups is 2. The molecule has 2 N–H and O–H groups in total. The van der Waals surface area contributed by atoms with E-state index >= 15 is 0 Å². The number of carboxylic acid groups (broad SMARTS) is 1. The van der Waals surface area contributed by atoms with Crippen LogP contribution in [0.3, 0.4) is 0 Å². The van der Waals surface area contributed by atoms with E-state index in [-0.39, 0.29) is 5.69 Å². The Morgan fingerprint density at radius 2 is 2.14 bits per heavy atom. The van der Waals surface area contributed by atoms with E-state index in [1.54, 1.807) is 16.7 Å². The van der Waals surface area contributed by atoms with E-state index in [4.69, 9.17) is 0 Å². The smallest absolute Gasteiger partial charge is 0.329 e. The van der Waals surface area contributed by atoms with E-state index in [0.29, 0.717) is 18.5 Å². The summed E-state index contributed by atoms with van der Waals surface area (Å²) in [4.78, 5) is 27.9. The fourth-order valence-electron chi connectivity index (χ4n) is 2.30. The normalized spacial score (nSPS) is 13.9. The highest BCUT2D eigenvalue weighted by Gasteiger charge is 2.34. The number of nitrogens with zero attached hydrogens (tertiary/aromatic N) is 2. The molecule has 21 heavy (non-hydrogen) atoms. The quantitative estimate of drug-likeness (QED) is 0.882. The SMILES string of the molecule is CCCC(C)(NC(=O)c1cn2c(C)cccc2n1)C(=O)O. The minimum absolute atomic E-state index is 0.216. The van der Waals surface area contributed by atoms with Crippen LogP contribution in [0.1, 0.15) is 42.9 Å². The molecule has 0 radical (unpaired) electrons. The van der Waals surface area contributed by atoms with E-state index in [1.165, 1.54) is 6.92 Å². The van der Waals surface area contributed by atoms with Crippen LogP contribution < -0.4 is 5.32 Å². The first-order valence-electron chi connectivity index (χ1n) is 6.88. The highest BCUT2D eigenvalue weighted by molar-refractivity contribution is 5.96. The van der Waals surface area contributed by atoms with Gasteiger partial charge in [-0.2, -0.15) is 0 Å². The molecule has 1 atom stereocenters. The van der Waals surface area contributed by atoms with Crippen molar-refractivity contribution in [3.63, 3.8) is 0 Å². The van der Waals surface area contributed by atoms with Gasteiger partial charge >= 0.3 is 5.97 Å². The number of rotatable bonds is 5. The topological polar surface area (TPSA) is 83.7 Å². The average Bonchev–Trinajstić information content (AvgIpc) is 2.84. The lowest BCUT2D eigenvalue weighted by Gasteiger charge is -2.25. The lowest BCUT2D eigenvalue weighted by Crippen LogP contribution is -2.52. The van der Waals surface area contributed by atoms with Crippen LogP contribution in [0, 0.1) is 6.92 Å². The molecular weight excluding hydrogens is 270 g/mol. The maximum absolute atomic E-state index is 12.3. The Bertz CT molecular complexity index is 693. The molecule has 0 spiro atoms. The van der Waals surface area contributed by atoms with Gasteiger partial charge in [0.2, 0.25) is 0 Å². The molecule has 6 heteroatoms. The Labute approximate surface area is 122 Å². The second kappa shape index (κ2) is 5.55. The van der Waals surface area contributed by atoms with Crippen LogP contribution >= 0.6 is 0 Å². The van der Waals surface area contributed by atoms with Gasteiger partial charge in [-0.15, -0.1) is 0 Å². The molecule has 0 aliphatic carbocycles. The van der Waals surface area contributed by atoms with E-state index in [0.717, 1.165) is 5.69 Å². The van der Waals surface area contributed by atoms with Crippen molar-refractivity contribution in [1.29, 1.82) is 0 Å². The number of aromatic nitrogens is 2. The first kappa shape index (κ1) is 15.0. The Balaban J connectivity index is 2.30. The van der Waals surface area contributed by atoms with Crippen LogP contribution in [-0.2, 0) is 4.79 Å². The lowest BCUT2D eigenvalue weighted by atomic mass is 9.96. The second-order valence-corrected chi connectivity index (χ2v) is 5.36. The molecule has 0 bridgehead atoms. The van der Waals surface area contributed by atoms with Gasteiger partial charge in [-0.25, -0.2) is 9.78 Å². The summed E-state index contributed by atoms with van der Waals surface area (Å²) in [6.45, 7) is 5.30. The van der Waals surface area contributed by atoms with Crippen LogP contribution in [0.4, 0.5) is 0 Å². The number of carbonyl (C=O) groups excluding carboxylic acids is 1. The monoisotopic (exact) mass is 289 g/mol.